The molecule has 20 heavy (non-hydrogen) atoms. The highest BCUT2D eigenvalue weighted by atomic mass is 35.5. The Morgan fingerprint density at radius 1 is 1.45 bits per heavy atom. The van der Waals surface area contributed by atoms with Gasteiger partial charge in [0.05, 0.1) is 16.3 Å². The summed E-state index contributed by atoms with van der Waals surface area (Å²) in [5.74, 6) is 0. The number of hydrogen-bond acceptors (Lipinski definition) is 3. The van der Waals surface area contributed by atoms with Gasteiger partial charge in [-0.15, -0.1) is 0 Å². The van der Waals surface area contributed by atoms with Crippen molar-refractivity contribution in [2.45, 2.75) is 25.4 Å². The molecule has 110 valence electrons. The molecule has 0 spiro atoms. The van der Waals surface area contributed by atoms with Crippen LogP contribution < -0.4 is 10.6 Å². The zero-order chi connectivity index (χ0) is 14.6. The molecule has 0 saturated carbocycles. The Kier molecular flexibility index (Phi) is 4.86. The van der Waals surface area contributed by atoms with Crippen LogP contribution in [0, 0.1) is 6.92 Å². The number of rotatable bonds is 3. The molecule has 0 bridgehead atoms. The maximum absolute atomic E-state index is 11.8. The van der Waals surface area contributed by atoms with E-state index in [-0.39, 0.29) is 12.6 Å². The summed E-state index contributed by atoms with van der Waals surface area (Å²) in [6.07, 6.45) is 1.05. The summed E-state index contributed by atoms with van der Waals surface area (Å²) >= 11 is 6.11. The van der Waals surface area contributed by atoms with E-state index in [1.807, 2.05) is 19.1 Å². The van der Waals surface area contributed by atoms with Crippen LogP contribution in [0.5, 0.6) is 0 Å². The topological polar surface area (TPSA) is 70.6 Å². The Balaban J connectivity index is 1.88. The van der Waals surface area contributed by atoms with Gasteiger partial charge in [-0.2, -0.15) is 0 Å². The molecule has 1 heterocycles. The van der Waals surface area contributed by atoms with Gasteiger partial charge in [-0.1, -0.05) is 23.7 Å². The SMILES string of the molecule is Cc1cccc(NC(=O)NCC2(O)CCOCC2)c1Cl. The molecule has 6 heteroatoms. The first-order chi connectivity index (χ1) is 9.50. The van der Waals surface area contributed by atoms with E-state index < -0.39 is 5.60 Å². The molecule has 1 fully saturated rings. The lowest BCUT2D eigenvalue weighted by atomic mass is 9.94. The van der Waals surface area contributed by atoms with Gasteiger partial charge in [-0.25, -0.2) is 4.79 Å². The Morgan fingerprint density at radius 3 is 2.85 bits per heavy atom. The van der Waals surface area contributed by atoms with Crippen molar-refractivity contribution in [2.24, 2.45) is 0 Å². The number of amides is 2. The van der Waals surface area contributed by atoms with Gasteiger partial charge < -0.3 is 20.5 Å². The molecule has 0 aromatic heterocycles. The Bertz CT molecular complexity index is 487. The average molecular weight is 299 g/mol. The molecular weight excluding hydrogens is 280 g/mol. The number of anilines is 1. The molecule has 5 nitrogen and oxygen atoms in total. The summed E-state index contributed by atoms with van der Waals surface area (Å²) in [7, 11) is 0. The van der Waals surface area contributed by atoms with Gasteiger partial charge in [-0.3, -0.25) is 0 Å². The molecule has 1 aromatic rings. The van der Waals surface area contributed by atoms with Crippen molar-refractivity contribution in [2.75, 3.05) is 25.1 Å². The predicted molar refractivity (Wildman–Crippen MR) is 78.2 cm³/mol. The van der Waals surface area contributed by atoms with E-state index in [1.165, 1.54) is 0 Å². The zero-order valence-corrected chi connectivity index (χ0v) is 12.2. The molecular formula is C14H19ClN2O3. The number of carbonyl (C=O) groups excluding carboxylic acids is 1. The molecule has 1 aliphatic heterocycles. The van der Waals surface area contributed by atoms with Gasteiger partial charge >= 0.3 is 6.03 Å². The largest absolute Gasteiger partial charge is 0.388 e. The van der Waals surface area contributed by atoms with Gasteiger partial charge in [0.25, 0.3) is 0 Å². The molecule has 0 aliphatic carbocycles. The number of urea groups is 1. The quantitative estimate of drug-likeness (QED) is 0.802. The van der Waals surface area contributed by atoms with E-state index in [9.17, 15) is 9.90 Å². The number of carbonyl (C=O) groups is 1. The predicted octanol–water partition coefficient (Wildman–Crippen LogP) is 2.31. The van der Waals surface area contributed by atoms with Crippen molar-refractivity contribution in [3.63, 3.8) is 0 Å². The van der Waals surface area contributed by atoms with Crippen molar-refractivity contribution in [1.82, 2.24) is 5.32 Å². The van der Waals surface area contributed by atoms with Crippen LogP contribution in [0.2, 0.25) is 5.02 Å². The number of nitrogens with one attached hydrogen (secondary N) is 2. The van der Waals surface area contributed by atoms with Gasteiger partial charge in [0.1, 0.15) is 0 Å². The van der Waals surface area contributed by atoms with Gasteiger partial charge in [0, 0.05) is 32.6 Å². The second-order valence-electron chi connectivity index (χ2n) is 5.08. The first kappa shape index (κ1) is 15.1. The summed E-state index contributed by atoms with van der Waals surface area (Å²) in [5, 5.41) is 16.1. The molecule has 0 atom stereocenters. The van der Waals surface area contributed by atoms with Crippen LogP contribution in [0.15, 0.2) is 18.2 Å². The smallest absolute Gasteiger partial charge is 0.319 e. The van der Waals surface area contributed by atoms with E-state index in [1.54, 1.807) is 6.07 Å². The maximum atomic E-state index is 11.8. The van der Waals surface area contributed by atoms with E-state index in [4.69, 9.17) is 16.3 Å². The van der Waals surface area contributed by atoms with Gasteiger partial charge in [0.15, 0.2) is 0 Å². The van der Waals surface area contributed by atoms with Crippen molar-refractivity contribution in [1.29, 1.82) is 0 Å². The monoisotopic (exact) mass is 298 g/mol. The van der Waals surface area contributed by atoms with Crippen molar-refractivity contribution in [3.8, 4) is 0 Å². The number of halogens is 1. The fraction of sp³-hybridized carbons (Fsp3) is 0.500. The zero-order valence-electron chi connectivity index (χ0n) is 11.4. The minimum Gasteiger partial charge on any atom is -0.388 e. The van der Waals surface area contributed by atoms with E-state index in [0.717, 1.165) is 5.56 Å². The highest BCUT2D eigenvalue weighted by Gasteiger charge is 2.30. The molecule has 2 amide bonds. The first-order valence-electron chi connectivity index (χ1n) is 6.60. The van der Waals surface area contributed by atoms with Crippen molar-refractivity contribution in [3.05, 3.63) is 28.8 Å². The Labute approximate surface area is 123 Å². The van der Waals surface area contributed by atoms with Crippen LogP contribution in [0.25, 0.3) is 0 Å². The summed E-state index contributed by atoms with van der Waals surface area (Å²) in [4.78, 5) is 11.8. The first-order valence-corrected chi connectivity index (χ1v) is 6.98. The molecule has 1 saturated heterocycles. The second-order valence-corrected chi connectivity index (χ2v) is 5.46. The second kappa shape index (κ2) is 6.43. The van der Waals surface area contributed by atoms with Crippen LogP contribution >= 0.6 is 11.6 Å². The van der Waals surface area contributed by atoms with Crippen LogP contribution in [0.3, 0.4) is 0 Å². The van der Waals surface area contributed by atoms with Crippen LogP contribution in [-0.4, -0.2) is 36.5 Å². The molecule has 1 aromatic carbocycles. The standard InChI is InChI=1S/C14H19ClN2O3/c1-10-3-2-4-11(12(10)15)17-13(18)16-9-14(19)5-7-20-8-6-14/h2-4,19H,5-9H2,1H3,(H2,16,17,18). The normalized spacial score (nSPS) is 17.6. The minimum absolute atomic E-state index is 0.200. The maximum Gasteiger partial charge on any atom is 0.319 e. The highest BCUT2D eigenvalue weighted by molar-refractivity contribution is 6.34. The van der Waals surface area contributed by atoms with E-state index >= 15 is 0 Å². The number of ether oxygens (including phenoxy) is 1. The third-order valence-corrected chi connectivity index (χ3v) is 3.94. The van der Waals surface area contributed by atoms with Crippen LogP contribution in [-0.2, 0) is 4.74 Å². The lowest BCUT2D eigenvalue weighted by molar-refractivity contribution is -0.0598. The average Bonchev–Trinajstić information content (AvgIpc) is 2.43. The molecule has 3 N–H and O–H groups in total. The molecule has 0 unspecified atom stereocenters. The Hall–Kier alpha value is -1.30. The highest BCUT2D eigenvalue weighted by Crippen LogP contribution is 2.25. The van der Waals surface area contributed by atoms with Crippen LogP contribution in [0.4, 0.5) is 10.5 Å². The molecule has 1 aliphatic rings. The summed E-state index contributed by atoms with van der Waals surface area (Å²) in [6, 6.07) is 5.05. The van der Waals surface area contributed by atoms with E-state index in [2.05, 4.69) is 10.6 Å². The lowest BCUT2D eigenvalue weighted by Crippen LogP contribution is -2.47. The lowest BCUT2D eigenvalue weighted by Gasteiger charge is -2.32. The minimum atomic E-state index is -0.883. The van der Waals surface area contributed by atoms with Crippen molar-refractivity contribution >= 4 is 23.3 Å². The number of aryl methyl sites for hydroxylation is 1. The summed E-state index contributed by atoms with van der Waals surface area (Å²) < 4.78 is 5.19. The Morgan fingerprint density at radius 2 is 2.15 bits per heavy atom. The van der Waals surface area contributed by atoms with Crippen LogP contribution in [0.1, 0.15) is 18.4 Å². The molecule has 0 radical (unpaired) electrons. The fourth-order valence-electron chi connectivity index (χ4n) is 2.08. The number of aliphatic hydroxyl groups is 1. The van der Waals surface area contributed by atoms with Crippen molar-refractivity contribution < 1.29 is 14.6 Å². The van der Waals surface area contributed by atoms with E-state index in [0.29, 0.717) is 36.8 Å². The summed E-state index contributed by atoms with van der Waals surface area (Å²) in [5.41, 5.74) is 0.571. The third-order valence-electron chi connectivity index (χ3n) is 3.44. The summed E-state index contributed by atoms with van der Waals surface area (Å²) in [6.45, 7) is 3.11. The number of benzene rings is 1. The third kappa shape index (κ3) is 3.85. The molecule has 2 rings (SSSR count). The van der Waals surface area contributed by atoms with Gasteiger partial charge in [-0.05, 0) is 18.6 Å². The van der Waals surface area contributed by atoms with Gasteiger partial charge in [0.2, 0.25) is 0 Å². The number of hydrogen-bond donors (Lipinski definition) is 3. The fourth-order valence-corrected chi connectivity index (χ4v) is 2.26.